The van der Waals surface area contributed by atoms with Gasteiger partial charge in [0.2, 0.25) is 0 Å². The zero-order chi connectivity index (χ0) is 16.7. The third-order valence-electron chi connectivity index (χ3n) is 4.49. The van der Waals surface area contributed by atoms with Gasteiger partial charge in [0.1, 0.15) is 5.75 Å². The molecule has 1 aliphatic heterocycles. The van der Waals surface area contributed by atoms with Gasteiger partial charge in [-0.05, 0) is 18.9 Å². The standard InChI is InChI=1S/C18H20O5/c1-17(2)22-15(19)14(16(20)23-17)18(10-6-7-11-18)12-8-4-5-9-13(12)21-3/h4-9,14H,10-11H2,1-3H3. The number of cyclic esters (lactones) is 2. The molecule has 2 aliphatic rings. The van der Waals surface area contributed by atoms with Gasteiger partial charge in [-0.15, -0.1) is 0 Å². The van der Waals surface area contributed by atoms with Gasteiger partial charge in [-0.1, -0.05) is 30.4 Å². The first kappa shape index (κ1) is 15.6. The van der Waals surface area contributed by atoms with E-state index in [4.69, 9.17) is 14.2 Å². The Morgan fingerprint density at radius 3 is 2.17 bits per heavy atom. The lowest BCUT2D eigenvalue weighted by Gasteiger charge is -2.41. The molecule has 122 valence electrons. The summed E-state index contributed by atoms with van der Waals surface area (Å²) >= 11 is 0. The highest BCUT2D eigenvalue weighted by Gasteiger charge is 2.56. The van der Waals surface area contributed by atoms with Gasteiger partial charge in [0.15, 0.2) is 5.92 Å². The average Bonchev–Trinajstić information content (AvgIpc) is 2.95. The molecule has 0 bridgehead atoms. The van der Waals surface area contributed by atoms with E-state index in [-0.39, 0.29) is 0 Å². The van der Waals surface area contributed by atoms with Gasteiger partial charge in [-0.25, -0.2) is 0 Å². The van der Waals surface area contributed by atoms with Crippen molar-refractivity contribution < 1.29 is 23.8 Å². The van der Waals surface area contributed by atoms with E-state index >= 15 is 0 Å². The lowest BCUT2D eigenvalue weighted by molar-refractivity contribution is -0.243. The van der Waals surface area contributed by atoms with Gasteiger partial charge < -0.3 is 14.2 Å². The van der Waals surface area contributed by atoms with Crippen LogP contribution in [-0.4, -0.2) is 24.8 Å². The second-order valence-corrected chi connectivity index (χ2v) is 6.41. The Morgan fingerprint density at radius 2 is 1.61 bits per heavy atom. The largest absolute Gasteiger partial charge is 0.496 e. The number of methoxy groups -OCH3 is 1. The number of carbonyl (C=O) groups excluding carboxylic acids is 2. The van der Waals surface area contributed by atoms with Crippen molar-refractivity contribution in [2.75, 3.05) is 7.11 Å². The molecule has 23 heavy (non-hydrogen) atoms. The molecule has 0 N–H and O–H groups in total. The Kier molecular flexibility index (Phi) is 3.66. The maximum absolute atomic E-state index is 12.6. The summed E-state index contributed by atoms with van der Waals surface area (Å²) in [5, 5.41) is 0. The van der Waals surface area contributed by atoms with Gasteiger partial charge in [0.25, 0.3) is 5.79 Å². The van der Waals surface area contributed by atoms with Gasteiger partial charge in [-0.2, -0.15) is 0 Å². The Balaban J connectivity index is 2.09. The average molecular weight is 316 g/mol. The fourth-order valence-corrected chi connectivity index (χ4v) is 3.51. The van der Waals surface area contributed by atoms with Crippen LogP contribution in [0, 0.1) is 5.92 Å². The molecule has 1 heterocycles. The van der Waals surface area contributed by atoms with Crippen molar-refractivity contribution in [2.45, 2.75) is 37.9 Å². The lowest BCUT2D eigenvalue weighted by atomic mass is 9.67. The number of hydrogen-bond donors (Lipinski definition) is 0. The molecule has 1 fully saturated rings. The molecule has 5 heteroatoms. The fourth-order valence-electron chi connectivity index (χ4n) is 3.51. The molecule has 1 aromatic rings. The molecule has 1 aromatic carbocycles. The predicted molar refractivity (Wildman–Crippen MR) is 82.8 cm³/mol. The maximum atomic E-state index is 12.6. The molecule has 0 amide bonds. The van der Waals surface area contributed by atoms with Crippen molar-refractivity contribution in [3.8, 4) is 5.75 Å². The molecule has 0 atom stereocenters. The molecule has 0 spiro atoms. The van der Waals surface area contributed by atoms with Gasteiger partial charge in [-0.3, -0.25) is 9.59 Å². The van der Waals surface area contributed by atoms with Gasteiger partial charge in [0.05, 0.1) is 7.11 Å². The SMILES string of the molecule is COc1ccccc1C1(C2C(=O)OC(C)(C)OC2=O)CC=CC1. The molecule has 1 aliphatic carbocycles. The zero-order valence-corrected chi connectivity index (χ0v) is 13.5. The topological polar surface area (TPSA) is 61.8 Å². The summed E-state index contributed by atoms with van der Waals surface area (Å²) < 4.78 is 16.1. The highest BCUT2D eigenvalue weighted by Crippen LogP contribution is 2.49. The van der Waals surface area contributed by atoms with Crippen molar-refractivity contribution in [3.63, 3.8) is 0 Å². The number of hydrogen-bond acceptors (Lipinski definition) is 5. The minimum absolute atomic E-state index is 0.541. The van der Waals surface area contributed by atoms with E-state index in [9.17, 15) is 9.59 Å². The summed E-state index contributed by atoms with van der Waals surface area (Å²) in [6, 6.07) is 7.46. The van der Waals surface area contributed by atoms with E-state index in [0.29, 0.717) is 18.6 Å². The van der Waals surface area contributed by atoms with Crippen LogP contribution in [0.1, 0.15) is 32.3 Å². The van der Waals surface area contributed by atoms with Crippen LogP contribution in [0.3, 0.4) is 0 Å². The van der Waals surface area contributed by atoms with Crippen LogP contribution in [-0.2, 0) is 24.5 Å². The molecule has 3 rings (SSSR count). The lowest BCUT2D eigenvalue weighted by Crippen LogP contribution is -2.53. The minimum atomic E-state index is -1.22. The first-order valence-corrected chi connectivity index (χ1v) is 7.64. The Bertz CT molecular complexity index is 646. The third kappa shape index (κ3) is 2.50. The van der Waals surface area contributed by atoms with E-state index in [2.05, 4.69) is 0 Å². The van der Waals surface area contributed by atoms with Crippen LogP contribution in [0.2, 0.25) is 0 Å². The smallest absolute Gasteiger partial charge is 0.324 e. The van der Waals surface area contributed by atoms with Crippen molar-refractivity contribution in [3.05, 3.63) is 42.0 Å². The van der Waals surface area contributed by atoms with Gasteiger partial charge >= 0.3 is 11.9 Å². The summed E-state index contributed by atoms with van der Waals surface area (Å²) in [4.78, 5) is 25.2. The quantitative estimate of drug-likeness (QED) is 0.487. The third-order valence-corrected chi connectivity index (χ3v) is 4.49. The number of para-hydroxylation sites is 1. The van der Waals surface area contributed by atoms with E-state index < -0.39 is 29.1 Å². The van der Waals surface area contributed by atoms with Gasteiger partial charge in [0, 0.05) is 24.8 Å². The summed E-state index contributed by atoms with van der Waals surface area (Å²) in [6.07, 6.45) is 5.07. The molecule has 5 nitrogen and oxygen atoms in total. The summed E-state index contributed by atoms with van der Waals surface area (Å²) in [5.41, 5.74) is 0.100. The second-order valence-electron chi connectivity index (χ2n) is 6.41. The summed E-state index contributed by atoms with van der Waals surface area (Å²) in [7, 11) is 1.58. The van der Waals surface area contributed by atoms with Crippen molar-refractivity contribution in [2.24, 2.45) is 5.92 Å². The highest BCUT2D eigenvalue weighted by atomic mass is 16.7. The number of benzene rings is 1. The van der Waals surface area contributed by atoms with E-state index in [0.717, 1.165) is 5.56 Å². The summed E-state index contributed by atoms with van der Waals surface area (Å²) in [5.74, 6) is -2.65. The maximum Gasteiger partial charge on any atom is 0.324 e. The van der Waals surface area contributed by atoms with Crippen LogP contribution < -0.4 is 4.74 Å². The van der Waals surface area contributed by atoms with Crippen LogP contribution in [0.15, 0.2) is 36.4 Å². The van der Waals surface area contributed by atoms with E-state index in [1.807, 2.05) is 36.4 Å². The normalized spacial score (nSPS) is 22.6. The number of rotatable bonds is 3. The van der Waals surface area contributed by atoms with Crippen LogP contribution >= 0.6 is 0 Å². The van der Waals surface area contributed by atoms with E-state index in [1.165, 1.54) is 0 Å². The van der Waals surface area contributed by atoms with E-state index in [1.54, 1.807) is 21.0 Å². The molecule has 0 unspecified atom stereocenters. The number of esters is 2. The zero-order valence-electron chi connectivity index (χ0n) is 13.5. The summed E-state index contributed by atoms with van der Waals surface area (Å²) in [6.45, 7) is 3.11. The van der Waals surface area contributed by atoms with Crippen LogP contribution in [0.25, 0.3) is 0 Å². The van der Waals surface area contributed by atoms with Crippen molar-refractivity contribution in [1.82, 2.24) is 0 Å². The molecular weight excluding hydrogens is 296 g/mol. The molecule has 0 radical (unpaired) electrons. The number of carbonyl (C=O) groups is 2. The Labute approximate surface area is 135 Å². The van der Waals surface area contributed by atoms with Crippen LogP contribution in [0.5, 0.6) is 5.75 Å². The first-order chi connectivity index (χ1) is 10.9. The molecule has 1 saturated heterocycles. The number of ether oxygens (including phenoxy) is 3. The fraction of sp³-hybridized carbons (Fsp3) is 0.444. The highest BCUT2D eigenvalue weighted by molar-refractivity contribution is 5.99. The first-order valence-electron chi connectivity index (χ1n) is 7.64. The molecule has 0 aromatic heterocycles. The van der Waals surface area contributed by atoms with Crippen molar-refractivity contribution >= 4 is 11.9 Å². The Morgan fingerprint density at radius 1 is 1.04 bits per heavy atom. The molecular formula is C18H20O5. The van der Waals surface area contributed by atoms with Crippen molar-refractivity contribution in [1.29, 1.82) is 0 Å². The second kappa shape index (κ2) is 5.41. The predicted octanol–water partition coefficient (Wildman–Crippen LogP) is 2.74. The number of allylic oxidation sites excluding steroid dienone is 2. The minimum Gasteiger partial charge on any atom is -0.496 e. The monoisotopic (exact) mass is 316 g/mol. The van der Waals surface area contributed by atoms with Crippen LogP contribution in [0.4, 0.5) is 0 Å². The Hall–Kier alpha value is -2.30. The molecule has 0 saturated carbocycles.